The van der Waals surface area contributed by atoms with Crippen LogP contribution in [0.2, 0.25) is 0 Å². The second-order valence-electron chi connectivity index (χ2n) is 10.3. The van der Waals surface area contributed by atoms with Crippen molar-refractivity contribution in [3.05, 3.63) is 47.2 Å². The summed E-state index contributed by atoms with van der Waals surface area (Å²) in [5.41, 5.74) is 4.03. The molecule has 3 aliphatic heterocycles. The maximum atomic E-state index is 13.9. The first-order valence-electron chi connectivity index (χ1n) is 12.9. The van der Waals surface area contributed by atoms with E-state index >= 15 is 0 Å². The molecule has 6 nitrogen and oxygen atoms in total. The van der Waals surface area contributed by atoms with Gasteiger partial charge in [0, 0.05) is 42.5 Å². The minimum absolute atomic E-state index is 0.233. The Kier molecular flexibility index (Phi) is 5.44. The molecule has 0 amide bonds. The number of likely N-dealkylation sites (tertiary alicyclic amines) is 1. The molecule has 4 heterocycles. The van der Waals surface area contributed by atoms with Gasteiger partial charge in [0.05, 0.1) is 23.9 Å². The molecule has 0 unspecified atom stereocenters. The monoisotopic (exact) mass is 458 g/mol. The van der Waals surface area contributed by atoms with E-state index in [0.29, 0.717) is 6.04 Å². The van der Waals surface area contributed by atoms with Crippen LogP contribution in [-0.2, 0) is 6.42 Å². The maximum absolute atomic E-state index is 13.9. The molecule has 0 bridgehead atoms. The molecule has 0 radical (unpaired) electrons. The Balaban J connectivity index is 1.43. The van der Waals surface area contributed by atoms with Gasteiger partial charge < -0.3 is 14.5 Å². The van der Waals surface area contributed by atoms with Crippen LogP contribution < -0.4 is 9.64 Å². The van der Waals surface area contributed by atoms with Crippen LogP contribution in [0.3, 0.4) is 0 Å². The van der Waals surface area contributed by atoms with Crippen molar-refractivity contribution in [2.45, 2.75) is 57.9 Å². The van der Waals surface area contributed by atoms with E-state index in [1.54, 1.807) is 7.11 Å². The summed E-state index contributed by atoms with van der Waals surface area (Å²) in [6.45, 7) is 6.63. The quantitative estimate of drug-likeness (QED) is 0.622. The molecule has 6 rings (SSSR count). The molecule has 2 aromatic rings. The Morgan fingerprint density at radius 2 is 1.97 bits per heavy atom. The summed E-state index contributed by atoms with van der Waals surface area (Å²) in [5, 5.41) is 0. The van der Waals surface area contributed by atoms with Gasteiger partial charge in [0.15, 0.2) is 5.78 Å². The van der Waals surface area contributed by atoms with Crippen molar-refractivity contribution < 1.29 is 9.53 Å². The number of carbonyl (C=O) groups excluding carboxylic acids is 1. The first kappa shape index (κ1) is 21.8. The Morgan fingerprint density at radius 1 is 1.15 bits per heavy atom. The molecule has 1 saturated carbocycles. The molecule has 6 heteroatoms. The topological polar surface area (TPSA) is 58.0 Å². The third-order valence-electron chi connectivity index (χ3n) is 8.25. The number of aliphatic imine (C=N–C) groups is 1. The summed E-state index contributed by atoms with van der Waals surface area (Å²) in [4.78, 5) is 29.1. The maximum Gasteiger partial charge on any atom is 0.177 e. The van der Waals surface area contributed by atoms with Gasteiger partial charge in [0.25, 0.3) is 0 Å². The van der Waals surface area contributed by atoms with Gasteiger partial charge in [0.2, 0.25) is 0 Å². The van der Waals surface area contributed by atoms with Crippen molar-refractivity contribution in [2.24, 2.45) is 10.4 Å². The highest BCUT2D eigenvalue weighted by Crippen LogP contribution is 2.56. The smallest absolute Gasteiger partial charge is 0.177 e. The van der Waals surface area contributed by atoms with Gasteiger partial charge in [-0.1, -0.05) is 6.92 Å². The standard InChI is InChI=1S/C28H34N4O2/c1-3-19-16-21(34-2)17-23-24(19)26(33)28(10-11-28)25(30-23)22-9-6-12-29-27(22)32-15-7-8-20(32)18-31-13-4-5-14-31/h6,9,12,16-17,20H,3-5,7-8,10-11,13-15,18H2,1-2H3/t20-/m0/s1. The van der Waals surface area contributed by atoms with Crippen LogP contribution in [0.15, 0.2) is 35.5 Å². The molecule has 0 N–H and O–H groups in total. The second kappa shape index (κ2) is 8.49. The van der Waals surface area contributed by atoms with Crippen LogP contribution in [0, 0.1) is 5.41 Å². The summed E-state index contributed by atoms with van der Waals surface area (Å²) >= 11 is 0. The van der Waals surface area contributed by atoms with E-state index in [1.165, 1.54) is 38.8 Å². The normalized spacial score (nSPS) is 23.4. The van der Waals surface area contributed by atoms with Gasteiger partial charge in [0.1, 0.15) is 11.6 Å². The van der Waals surface area contributed by atoms with Crippen LogP contribution in [0.5, 0.6) is 5.75 Å². The van der Waals surface area contributed by atoms with Crippen molar-refractivity contribution in [1.29, 1.82) is 0 Å². The lowest BCUT2D eigenvalue weighted by Gasteiger charge is -2.32. The van der Waals surface area contributed by atoms with Crippen LogP contribution >= 0.6 is 0 Å². The number of Topliss-reactive ketones (excluding diaryl/α,β-unsaturated/α-hetero) is 1. The number of anilines is 1. The fourth-order valence-corrected chi connectivity index (χ4v) is 6.26. The van der Waals surface area contributed by atoms with E-state index in [1.807, 2.05) is 24.4 Å². The molecule has 1 spiro atoms. The van der Waals surface area contributed by atoms with Gasteiger partial charge in [-0.3, -0.25) is 9.79 Å². The van der Waals surface area contributed by atoms with Crippen molar-refractivity contribution >= 4 is 23.0 Å². The number of hydrogen-bond acceptors (Lipinski definition) is 6. The molecule has 1 aromatic carbocycles. The zero-order valence-electron chi connectivity index (χ0n) is 20.3. The van der Waals surface area contributed by atoms with E-state index in [-0.39, 0.29) is 5.78 Å². The van der Waals surface area contributed by atoms with Crippen molar-refractivity contribution in [2.75, 3.05) is 38.2 Å². The lowest BCUT2D eigenvalue weighted by molar-refractivity contribution is 0.0939. The van der Waals surface area contributed by atoms with E-state index < -0.39 is 5.41 Å². The molecule has 1 aliphatic carbocycles. The molecule has 34 heavy (non-hydrogen) atoms. The van der Waals surface area contributed by atoms with E-state index in [2.05, 4.69) is 22.8 Å². The van der Waals surface area contributed by atoms with E-state index in [9.17, 15) is 4.79 Å². The number of carbonyl (C=O) groups is 1. The zero-order valence-corrected chi connectivity index (χ0v) is 20.3. The summed E-state index contributed by atoms with van der Waals surface area (Å²) < 4.78 is 5.54. The van der Waals surface area contributed by atoms with Gasteiger partial charge in [-0.15, -0.1) is 0 Å². The van der Waals surface area contributed by atoms with Crippen molar-refractivity contribution in [3.8, 4) is 5.75 Å². The number of nitrogens with zero attached hydrogens (tertiary/aromatic N) is 4. The van der Waals surface area contributed by atoms with Crippen molar-refractivity contribution in [3.63, 3.8) is 0 Å². The number of ether oxygens (including phenoxy) is 1. The number of aryl methyl sites for hydroxylation is 1. The summed E-state index contributed by atoms with van der Waals surface area (Å²) in [6.07, 6.45) is 9.41. The third-order valence-corrected chi connectivity index (χ3v) is 8.25. The number of methoxy groups -OCH3 is 1. The lowest BCUT2D eigenvalue weighted by Crippen LogP contribution is -2.41. The Morgan fingerprint density at radius 3 is 2.71 bits per heavy atom. The minimum Gasteiger partial charge on any atom is -0.497 e. The lowest BCUT2D eigenvalue weighted by atomic mass is 9.81. The first-order valence-corrected chi connectivity index (χ1v) is 12.9. The average molecular weight is 459 g/mol. The van der Waals surface area contributed by atoms with Gasteiger partial charge >= 0.3 is 0 Å². The molecule has 3 fully saturated rings. The van der Waals surface area contributed by atoms with Crippen LogP contribution in [0.25, 0.3) is 0 Å². The number of rotatable bonds is 6. The van der Waals surface area contributed by atoms with E-state index in [4.69, 9.17) is 14.7 Å². The van der Waals surface area contributed by atoms with Gasteiger partial charge in [-0.2, -0.15) is 0 Å². The number of hydrogen-bond donors (Lipinski definition) is 0. The molecule has 1 atom stereocenters. The van der Waals surface area contributed by atoms with Crippen LogP contribution in [0.4, 0.5) is 11.5 Å². The zero-order chi connectivity index (χ0) is 23.3. The predicted octanol–water partition coefficient (Wildman–Crippen LogP) is 4.81. The second-order valence-corrected chi connectivity index (χ2v) is 10.3. The molecular formula is C28H34N4O2. The number of fused-ring (bicyclic) bond motifs is 1. The summed E-state index contributed by atoms with van der Waals surface area (Å²) in [7, 11) is 1.67. The highest BCUT2D eigenvalue weighted by atomic mass is 16.5. The van der Waals surface area contributed by atoms with Crippen LogP contribution in [-0.4, -0.2) is 60.7 Å². The fourth-order valence-electron chi connectivity index (χ4n) is 6.26. The van der Waals surface area contributed by atoms with Crippen LogP contribution in [0.1, 0.15) is 66.9 Å². The Labute approximate surface area is 202 Å². The first-order chi connectivity index (χ1) is 16.6. The van der Waals surface area contributed by atoms with E-state index in [0.717, 1.165) is 72.0 Å². The third kappa shape index (κ3) is 3.46. The number of aromatic nitrogens is 1. The number of benzene rings is 1. The average Bonchev–Trinajstić information content (AvgIpc) is 3.25. The molecule has 178 valence electrons. The SMILES string of the molecule is CCc1cc(OC)cc2c1C(=O)C1(CC1)C(c1cccnc1N1CCC[C@H]1CN1CCCC1)=N2. The Bertz CT molecular complexity index is 1150. The minimum atomic E-state index is -0.493. The molecular weight excluding hydrogens is 424 g/mol. The highest BCUT2D eigenvalue weighted by Gasteiger charge is 2.57. The largest absolute Gasteiger partial charge is 0.497 e. The number of pyridine rings is 1. The molecule has 1 aromatic heterocycles. The van der Waals surface area contributed by atoms with Crippen molar-refractivity contribution in [1.82, 2.24) is 9.88 Å². The summed E-state index contributed by atoms with van der Waals surface area (Å²) in [5.74, 6) is 2.00. The predicted molar refractivity (Wildman–Crippen MR) is 135 cm³/mol. The van der Waals surface area contributed by atoms with Gasteiger partial charge in [-0.25, -0.2) is 4.98 Å². The summed E-state index contributed by atoms with van der Waals surface area (Å²) in [6, 6.07) is 8.51. The molecule has 4 aliphatic rings. The number of ketones is 1. The highest BCUT2D eigenvalue weighted by molar-refractivity contribution is 6.29. The fraction of sp³-hybridized carbons (Fsp3) is 0.536. The Hall–Kier alpha value is -2.73. The molecule has 2 saturated heterocycles. The van der Waals surface area contributed by atoms with Gasteiger partial charge in [-0.05, 0) is 81.8 Å².